The molecule has 1 aliphatic heterocycles. The molecule has 0 aromatic carbocycles. The first kappa shape index (κ1) is 10.0. The lowest BCUT2D eigenvalue weighted by atomic mass is 9.86. The molecule has 1 atom stereocenters. The highest BCUT2D eigenvalue weighted by atomic mass is 16.6. The zero-order valence-corrected chi connectivity index (χ0v) is 8.39. The lowest BCUT2D eigenvalue weighted by Crippen LogP contribution is -2.17. The van der Waals surface area contributed by atoms with E-state index in [-0.39, 0.29) is 12.2 Å². The predicted molar refractivity (Wildman–Crippen MR) is 49.1 cm³/mol. The first-order chi connectivity index (χ1) is 5.47. The summed E-state index contributed by atoms with van der Waals surface area (Å²) in [4.78, 5) is 0. The molecule has 0 amide bonds. The number of aliphatic hydroxyl groups is 1. The van der Waals surface area contributed by atoms with Crippen LogP contribution in [0.1, 0.15) is 40.0 Å². The number of hydrogen-bond donors (Lipinski definition) is 1. The minimum absolute atomic E-state index is 0.0576. The normalized spacial score (nSPS) is 29.0. The van der Waals surface area contributed by atoms with Gasteiger partial charge in [-0.25, -0.2) is 0 Å². The molecular weight excluding hydrogens is 152 g/mol. The van der Waals surface area contributed by atoms with Gasteiger partial charge in [-0.05, 0) is 18.3 Å². The molecule has 0 aromatic heterocycles. The van der Waals surface area contributed by atoms with E-state index in [4.69, 9.17) is 9.84 Å². The highest BCUT2D eigenvalue weighted by Crippen LogP contribution is 2.38. The summed E-state index contributed by atoms with van der Waals surface area (Å²) in [5, 5.41) is 8.79. The van der Waals surface area contributed by atoms with Gasteiger partial charge in [0.25, 0.3) is 0 Å². The average Bonchev–Trinajstić information content (AvgIpc) is 2.65. The summed E-state index contributed by atoms with van der Waals surface area (Å²) in [6, 6.07) is 0. The SMILES string of the molecule is CC(C)(C)CCC1(CCO)CO1. The number of aliphatic hydroxyl groups excluding tert-OH is 1. The quantitative estimate of drug-likeness (QED) is 0.657. The van der Waals surface area contributed by atoms with Crippen LogP contribution in [0.3, 0.4) is 0 Å². The summed E-state index contributed by atoms with van der Waals surface area (Å²) >= 11 is 0. The van der Waals surface area contributed by atoms with E-state index in [2.05, 4.69) is 20.8 Å². The number of rotatable bonds is 4. The standard InChI is InChI=1S/C10H20O2/c1-9(2,3)4-5-10(6-7-11)8-12-10/h11H,4-8H2,1-3H3. The van der Waals surface area contributed by atoms with Crippen molar-refractivity contribution in [3.63, 3.8) is 0 Å². The molecule has 1 aliphatic rings. The van der Waals surface area contributed by atoms with Crippen molar-refractivity contribution in [2.45, 2.75) is 45.6 Å². The van der Waals surface area contributed by atoms with Crippen LogP contribution in [-0.4, -0.2) is 23.9 Å². The van der Waals surface area contributed by atoms with Crippen LogP contribution in [0.5, 0.6) is 0 Å². The summed E-state index contributed by atoms with van der Waals surface area (Å²) in [5.41, 5.74) is 0.441. The van der Waals surface area contributed by atoms with Gasteiger partial charge < -0.3 is 9.84 Å². The Morgan fingerprint density at radius 1 is 1.33 bits per heavy atom. The Morgan fingerprint density at radius 3 is 2.25 bits per heavy atom. The van der Waals surface area contributed by atoms with Crippen LogP contribution >= 0.6 is 0 Å². The van der Waals surface area contributed by atoms with Gasteiger partial charge in [0.15, 0.2) is 0 Å². The molecule has 1 saturated heterocycles. The van der Waals surface area contributed by atoms with Gasteiger partial charge in [0, 0.05) is 13.0 Å². The number of epoxide rings is 1. The molecule has 0 spiro atoms. The molecule has 0 bridgehead atoms. The van der Waals surface area contributed by atoms with Crippen molar-refractivity contribution in [3.05, 3.63) is 0 Å². The lowest BCUT2D eigenvalue weighted by Gasteiger charge is -2.20. The monoisotopic (exact) mass is 172 g/mol. The van der Waals surface area contributed by atoms with Gasteiger partial charge in [0.2, 0.25) is 0 Å². The molecule has 1 unspecified atom stereocenters. The van der Waals surface area contributed by atoms with E-state index in [0.717, 1.165) is 19.4 Å². The van der Waals surface area contributed by atoms with E-state index in [1.165, 1.54) is 6.42 Å². The lowest BCUT2D eigenvalue weighted by molar-refractivity contribution is 0.188. The van der Waals surface area contributed by atoms with Crippen molar-refractivity contribution >= 4 is 0 Å². The topological polar surface area (TPSA) is 32.8 Å². The molecule has 2 nitrogen and oxygen atoms in total. The molecule has 0 radical (unpaired) electrons. The van der Waals surface area contributed by atoms with E-state index in [9.17, 15) is 0 Å². The third-order valence-electron chi connectivity index (χ3n) is 2.45. The average molecular weight is 172 g/mol. The van der Waals surface area contributed by atoms with Gasteiger partial charge in [-0.3, -0.25) is 0 Å². The van der Waals surface area contributed by atoms with E-state index in [1.54, 1.807) is 0 Å². The molecular formula is C10H20O2. The van der Waals surface area contributed by atoms with Crippen molar-refractivity contribution < 1.29 is 9.84 Å². The van der Waals surface area contributed by atoms with Crippen LogP contribution in [0.25, 0.3) is 0 Å². The fourth-order valence-corrected chi connectivity index (χ4v) is 1.32. The van der Waals surface area contributed by atoms with E-state index >= 15 is 0 Å². The van der Waals surface area contributed by atoms with Crippen molar-refractivity contribution in [2.75, 3.05) is 13.2 Å². The molecule has 0 aliphatic carbocycles. The summed E-state index contributed by atoms with van der Waals surface area (Å²) in [5.74, 6) is 0. The van der Waals surface area contributed by atoms with Crippen molar-refractivity contribution in [3.8, 4) is 0 Å². The minimum Gasteiger partial charge on any atom is -0.396 e. The summed E-state index contributed by atoms with van der Waals surface area (Å²) in [7, 11) is 0. The van der Waals surface area contributed by atoms with Gasteiger partial charge in [-0.2, -0.15) is 0 Å². The second kappa shape index (κ2) is 3.35. The largest absolute Gasteiger partial charge is 0.396 e. The van der Waals surface area contributed by atoms with E-state index in [1.807, 2.05) is 0 Å². The van der Waals surface area contributed by atoms with Gasteiger partial charge in [0.05, 0.1) is 12.2 Å². The van der Waals surface area contributed by atoms with Crippen LogP contribution in [-0.2, 0) is 4.74 Å². The van der Waals surface area contributed by atoms with Gasteiger partial charge in [-0.1, -0.05) is 20.8 Å². The van der Waals surface area contributed by atoms with Crippen LogP contribution in [0.2, 0.25) is 0 Å². The fourth-order valence-electron chi connectivity index (χ4n) is 1.32. The molecule has 1 N–H and O–H groups in total. The smallest absolute Gasteiger partial charge is 0.0938 e. The Bertz CT molecular complexity index is 142. The second-order valence-corrected chi connectivity index (χ2v) is 5.01. The summed E-state index contributed by atoms with van der Waals surface area (Å²) in [6.07, 6.45) is 3.08. The van der Waals surface area contributed by atoms with Crippen molar-refractivity contribution in [1.29, 1.82) is 0 Å². The maximum Gasteiger partial charge on any atom is 0.0938 e. The molecule has 1 rings (SSSR count). The van der Waals surface area contributed by atoms with Gasteiger partial charge in [-0.15, -0.1) is 0 Å². The molecule has 72 valence electrons. The molecule has 0 aromatic rings. The highest BCUT2D eigenvalue weighted by Gasteiger charge is 2.43. The second-order valence-electron chi connectivity index (χ2n) is 5.01. The van der Waals surface area contributed by atoms with Gasteiger partial charge >= 0.3 is 0 Å². The van der Waals surface area contributed by atoms with E-state index < -0.39 is 0 Å². The third kappa shape index (κ3) is 3.11. The maximum absolute atomic E-state index is 8.79. The zero-order chi connectivity index (χ0) is 9.24. The minimum atomic E-state index is 0.0576. The molecule has 12 heavy (non-hydrogen) atoms. The fraction of sp³-hybridized carbons (Fsp3) is 1.00. The molecule has 1 fully saturated rings. The third-order valence-corrected chi connectivity index (χ3v) is 2.45. The van der Waals surface area contributed by atoms with Gasteiger partial charge in [0.1, 0.15) is 0 Å². The number of hydrogen-bond acceptors (Lipinski definition) is 2. The van der Waals surface area contributed by atoms with Crippen LogP contribution < -0.4 is 0 Å². The van der Waals surface area contributed by atoms with Crippen molar-refractivity contribution in [2.24, 2.45) is 5.41 Å². The molecule has 2 heteroatoms. The first-order valence-electron chi connectivity index (χ1n) is 4.72. The maximum atomic E-state index is 8.79. The molecule has 0 saturated carbocycles. The Balaban J connectivity index is 2.22. The van der Waals surface area contributed by atoms with E-state index in [0.29, 0.717) is 5.41 Å². The first-order valence-corrected chi connectivity index (χ1v) is 4.72. The Hall–Kier alpha value is -0.0800. The Morgan fingerprint density at radius 2 is 1.92 bits per heavy atom. The zero-order valence-electron chi connectivity index (χ0n) is 8.39. The molecule has 1 heterocycles. The summed E-state index contributed by atoms with van der Waals surface area (Å²) in [6.45, 7) is 7.82. The highest BCUT2D eigenvalue weighted by molar-refractivity contribution is 4.92. The van der Waals surface area contributed by atoms with Crippen LogP contribution in [0.4, 0.5) is 0 Å². The Kier molecular flexibility index (Phi) is 2.79. The predicted octanol–water partition coefficient (Wildman–Crippen LogP) is 1.96. The number of ether oxygens (including phenoxy) is 1. The Labute approximate surface area is 74.9 Å². The van der Waals surface area contributed by atoms with Crippen molar-refractivity contribution in [1.82, 2.24) is 0 Å². The van der Waals surface area contributed by atoms with Crippen LogP contribution in [0, 0.1) is 5.41 Å². The van der Waals surface area contributed by atoms with Crippen LogP contribution in [0.15, 0.2) is 0 Å². The summed E-state index contributed by atoms with van der Waals surface area (Å²) < 4.78 is 5.37.